The van der Waals surface area contributed by atoms with Gasteiger partial charge in [-0.3, -0.25) is 4.79 Å². The molecule has 4 heteroatoms. The number of aryl methyl sites for hydroxylation is 1. The maximum absolute atomic E-state index is 11.9. The van der Waals surface area contributed by atoms with Gasteiger partial charge in [-0.1, -0.05) is 29.8 Å². The summed E-state index contributed by atoms with van der Waals surface area (Å²) in [5.74, 6) is 0.0435. The van der Waals surface area contributed by atoms with Gasteiger partial charge in [-0.25, -0.2) is 0 Å². The number of furan rings is 1. The average Bonchev–Trinajstić information content (AvgIpc) is 3.10. The van der Waals surface area contributed by atoms with Gasteiger partial charge < -0.3 is 15.1 Å². The Bertz CT molecular complexity index is 760. The van der Waals surface area contributed by atoms with Crippen molar-refractivity contribution in [2.75, 3.05) is 10.6 Å². The molecule has 23 heavy (non-hydrogen) atoms. The number of anilines is 2. The lowest BCUT2D eigenvalue weighted by Gasteiger charge is -2.08. The topological polar surface area (TPSA) is 54.3 Å². The largest absolute Gasteiger partial charge is 0.459 e. The summed E-state index contributed by atoms with van der Waals surface area (Å²) in [6.45, 7) is 2.84. The summed E-state index contributed by atoms with van der Waals surface area (Å²) in [4.78, 5) is 11.9. The molecule has 0 radical (unpaired) electrons. The molecule has 2 N–H and O–H groups in total. The fourth-order valence-corrected chi connectivity index (χ4v) is 2.18. The highest BCUT2D eigenvalue weighted by Gasteiger charge is 2.08. The Morgan fingerprint density at radius 1 is 0.957 bits per heavy atom. The Morgan fingerprint density at radius 3 is 2.30 bits per heavy atom. The number of nitrogens with one attached hydrogen (secondary N) is 2. The van der Waals surface area contributed by atoms with E-state index in [9.17, 15) is 4.79 Å². The van der Waals surface area contributed by atoms with Gasteiger partial charge in [-0.2, -0.15) is 0 Å². The van der Waals surface area contributed by atoms with Crippen LogP contribution in [-0.4, -0.2) is 5.91 Å². The third-order valence-electron chi connectivity index (χ3n) is 3.50. The molecule has 0 bridgehead atoms. The maximum Gasteiger partial charge on any atom is 0.291 e. The molecule has 0 unspecified atom stereocenters. The van der Waals surface area contributed by atoms with Crippen molar-refractivity contribution in [2.24, 2.45) is 0 Å². The van der Waals surface area contributed by atoms with Crippen LogP contribution in [0.15, 0.2) is 71.3 Å². The van der Waals surface area contributed by atoms with Gasteiger partial charge in [0.2, 0.25) is 0 Å². The van der Waals surface area contributed by atoms with Gasteiger partial charge in [0.15, 0.2) is 5.76 Å². The normalized spacial score (nSPS) is 10.3. The molecule has 0 atom stereocenters. The molecule has 2 aromatic carbocycles. The van der Waals surface area contributed by atoms with Gasteiger partial charge in [0.1, 0.15) is 0 Å². The molecule has 1 amide bonds. The molecule has 0 saturated carbocycles. The van der Waals surface area contributed by atoms with E-state index in [1.807, 2.05) is 24.3 Å². The van der Waals surface area contributed by atoms with Crippen LogP contribution >= 0.6 is 0 Å². The third kappa shape index (κ3) is 4.01. The second-order valence-electron chi connectivity index (χ2n) is 5.35. The van der Waals surface area contributed by atoms with Crippen molar-refractivity contribution in [2.45, 2.75) is 13.5 Å². The summed E-state index contributed by atoms with van der Waals surface area (Å²) in [6.07, 6.45) is 1.48. The Balaban J connectivity index is 1.56. The number of hydrogen-bond donors (Lipinski definition) is 2. The first-order valence-corrected chi connectivity index (χ1v) is 7.45. The summed E-state index contributed by atoms with van der Waals surface area (Å²) < 4.78 is 5.06. The fourth-order valence-electron chi connectivity index (χ4n) is 2.18. The predicted molar refractivity (Wildman–Crippen MR) is 91.6 cm³/mol. The van der Waals surface area contributed by atoms with E-state index < -0.39 is 0 Å². The third-order valence-corrected chi connectivity index (χ3v) is 3.50. The molecule has 116 valence electrons. The minimum atomic E-state index is -0.254. The molecule has 1 heterocycles. The Morgan fingerprint density at radius 2 is 1.65 bits per heavy atom. The second-order valence-corrected chi connectivity index (χ2v) is 5.35. The lowest BCUT2D eigenvalue weighted by molar-refractivity contribution is 0.0996. The second kappa shape index (κ2) is 6.83. The van der Waals surface area contributed by atoms with Crippen LogP contribution in [0.4, 0.5) is 11.4 Å². The van der Waals surface area contributed by atoms with Crippen molar-refractivity contribution in [3.63, 3.8) is 0 Å². The highest BCUT2D eigenvalue weighted by Crippen LogP contribution is 2.16. The van der Waals surface area contributed by atoms with Gasteiger partial charge in [-0.05, 0) is 48.9 Å². The Labute approximate surface area is 135 Å². The standard InChI is InChI=1S/C19H18N2O2/c1-14-4-6-15(7-5-14)13-20-16-8-10-17(11-9-16)21-19(22)18-3-2-12-23-18/h2-12,20H,13H2,1H3,(H,21,22). The van der Waals surface area contributed by atoms with Crippen molar-refractivity contribution in [1.82, 2.24) is 0 Å². The molecule has 3 aromatic rings. The Hall–Kier alpha value is -3.01. The summed E-state index contributed by atoms with van der Waals surface area (Å²) in [5.41, 5.74) is 4.21. The molecule has 0 saturated heterocycles. The van der Waals surface area contributed by atoms with E-state index in [4.69, 9.17) is 4.42 Å². The van der Waals surface area contributed by atoms with Crippen LogP contribution in [0.3, 0.4) is 0 Å². The zero-order valence-corrected chi connectivity index (χ0v) is 12.9. The summed E-state index contributed by atoms with van der Waals surface area (Å²) in [5, 5.41) is 6.15. The van der Waals surface area contributed by atoms with Crippen molar-refractivity contribution < 1.29 is 9.21 Å². The number of amides is 1. The molecule has 3 rings (SSSR count). The number of hydrogen-bond acceptors (Lipinski definition) is 3. The quantitative estimate of drug-likeness (QED) is 0.732. The molecule has 0 aliphatic carbocycles. The summed E-state index contributed by atoms with van der Waals surface area (Å²) >= 11 is 0. The molecule has 0 fully saturated rings. The zero-order chi connectivity index (χ0) is 16.1. The van der Waals surface area contributed by atoms with E-state index in [0.717, 1.165) is 17.9 Å². The molecule has 0 aliphatic rings. The van der Waals surface area contributed by atoms with Crippen LogP contribution in [0.5, 0.6) is 0 Å². The first-order valence-electron chi connectivity index (χ1n) is 7.45. The Kier molecular flexibility index (Phi) is 4.43. The molecular formula is C19H18N2O2. The molecule has 1 aromatic heterocycles. The van der Waals surface area contributed by atoms with Crippen LogP contribution < -0.4 is 10.6 Å². The molecule has 0 spiro atoms. The van der Waals surface area contributed by atoms with Crippen LogP contribution in [0.2, 0.25) is 0 Å². The number of carbonyl (C=O) groups excluding carboxylic acids is 1. The minimum absolute atomic E-state index is 0.254. The SMILES string of the molecule is Cc1ccc(CNc2ccc(NC(=O)c3ccco3)cc2)cc1. The van der Waals surface area contributed by atoms with Gasteiger partial charge >= 0.3 is 0 Å². The van der Waals surface area contributed by atoms with E-state index >= 15 is 0 Å². The minimum Gasteiger partial charge on any atom is -0.459 e. The van der Waals surface area contributed by atoms with Crippen molar-refractivity contribution in [1.29, 1.82) is 0 Å². The van der Waals surface area contributed by atoms with Gasteiger partial charge in [0.05, 0.1) is 6.26 Å². The highest BCUT2D eigenvalue weighted by atomic mass is 16.3. The lowest BCUT2D eigenvalue weighted by atomic mass is 10.1. The summed E-state index contributed by atoms with van der Waals surface area (Å²) in [7, 11) is 0. The van der Waals surface area contributed by atoms with E-state index in [1.54, 1.807) is 12.1 Å². The van der Waals surface area contributed by atoms with E-state index in [2.05, 4.69) is 41.8 Å². The predicted octanol–water partition coefficient (Wildman–Crippen LogP) is 4.45. The van der Waals surface area contributed by atoms with E-state index in [1.165, 1.54) is 17.4 Å². The van der Waals surface area contributed by atoms with E-state index in [0.29, 0.717) is 5.76 Å². The number of rotatable bonds is 5. The molecular weight excluding hydrogens is 288 g/mol. The zero-order valence-electron chi connectivity index (χ0n) is 12.9. The van der Waals surface area contributed by atoms with Crippen LogP contribution in [-0.2, 0) is 6.54 Å². The maximum atomic E-state index is 11.9. The first-order chi connectivity index (χ1) is 11.2. The average molecular weight is 306 g/mol. The molecule has 0 aliphatic heterocycles. The highest BCUT2D eigenvalue weighted by molar-refractivity contribution is 6.02. The molecule has 4 nitrogen and oxygen atoms in total. The van der Waals surface area contributed by atoms with Crippen molar-refractivity contribution in [3.8, 4) is 0 Å². The lowest BCUT2D eigenvalue weighted by Crippen LogP contribution is -2.10. The van der Waals surface area contributed by atoms with Crippen molar-refractivity contribution in [3.05, 3.63) is 83.8 Å². The number of carbonyl (C=O) groups is 1. The number of benzene rings is 2. The van der Waals surface area contributed by atoms with Crippen LogP contribution in [0.1, 0.15) is 21.7 Å². The van der Waals surface area contributed by atoms with Crippen LogP contribution in [0, 0.1) is 6.92 Å². The van der Waals surface area contributed by atoms with Gasteiger partial charge in [-0.15, -0.1) is 0 Å². The first kappa shape index (κ1) is 14.9. The van der Waals surface area contributed by atoms with Crippen molar-refractivity contribution >= 4 is 17.3 Å². The van der Waals surface area contributed by atoms with Gasteiger partial charge in [0, 0.05) is 17.9 Å². The fraction of sp³-hybridized carbons (Fsp3) is 0.105. The smallest absolute Gasteiger partial charge is 0.291 e. The van der Waals surface area contributed by atoms with Gasteiger partial charge in [0.25, 0.3) is 5.91 Å². The van der Waals surface area contributed by atoms with Crippen LogP contribution in [0.25, 0.3) is 0 Å². The monoisotopic (exact) mass is 306 g/mol. The summed E-state index contributed by atoms with van der Waals surface area (Å²) in [6, 6.07) is 19.3. The van der Waals surface area contributed by atoms with E-state index in [-0.39, 0.29) is 5.91 Å².